The molecule has 102 valence electrons. The van der Waals surface area contributed by atoms with E-state index in [-0.39, 0.29) is 23.8 Å². The van der Waals surface area contributed by atoms with Crippen molar-refractivity contribution in [1.82, 2.24) is 4.90 Å². The maximum absolute atomic E-state index is 12.0. The average molecular weight is 260 g/mol. The van der Waals surface area contributed by atoms with Gasteiger partial charge < -0.3 is 5.73 Å². The second kappa shape index (κ2) is 5.53. The maximum Gasteiger partial charge on any atom is 0.230 e. The fourth-order valence-corrected chi connectivity index (χ4v) is 2.52. The van der Waals surface area contributed by atoms with Gasteiger partial charge in [-0.25, -0.2) is 0 Å². The third kappa shape index (κ3) is 2.84. The molecule has 1 aliphatic rings. The highest BCUT2D eigenvalue weighted by molar-refractivity contribution is 5.98. The van der Waals surface area contributed by atoms with Crippen molar-refractivity contribution in [3.63, 3.8) is 0 Å². The molecule has 0 aromatic heterocycles. The van der Waals surface area contributed by atoms with Crippen LogP contribution in [-0.4, -0.2) is 16.7 Å². The molecule has 1 heterocycles. The van der Waals surface area contributed by atoms with E-state index in [0.717, 1.165) is 11.1 Å². The first-order valence-corrected chi connectivity index (χ1v) is 6.66. The molecule has 2 amide bonds. The van der Waals surface area contributed by atoms with Gasteiger partial charge in [-0.2, -0.15) is 0 Å². The molecule has 1 aliphatic heterocycles. The summed E-state index contributed by atoms with van der Waals surface area (Å²) < 4.78 is 0. The number of carbonyl (C=O) groups is 2. The lowest BCUT2D eigenvalue weighted by Gasteiger charge is -2.33. The molecule has 2 N–H and O–H groups in total. The van der Waals surface area contributed by atoms with E-state index in [9.17, 15) is 9.59 Å². The third-order valence-corrected chi connectivity index (χ3v) is 3.67. The predicted molar refractivity (Wildman–Crippen MR) is 73.0 cm³/mol. The Labute approximate surface area is 113 Å². The second-order valence-corrected chi connectivity index (χ2v) is 5.29. The Hall–Kier alpha value is -1.68. The highest BCUT2D eigenvalue weighted by Crippen LogP contribution is 2.28. The van der Waals surface area contributed by atoms with Gasteiger partial charge in [0, 0.05) is 19.4 Å². The minimum Gasteiger partial charge on any atom is -0.326 e. The van der Waals surface area contributed by atoms with Crippen LogP contribution in [-0.2, 0) is 16.1 Å². The lowest BCUT2D eigenvalue weighted by Crippen LogP contribution is -2.44. The molecule has 1 aromatic carbocycles. The van der Waals surface area contributed by atoms with Crippen LogP contribution in [0.15, 0.2) is 24.3 Å². The van der Waals surface area contributed by atoms with Gasteiger partial charge in [-0.15, -0.1) is 0 Å². The number of nitrogens with zero attached hydrogens (tertiary/aromatic N) is 1. The van der Waals surface area contributed by atoms with Crippen LogP contribution in [0.3, 0.4) is 0 Å². The Morgan fingerprint density at radius 3 is 2.21 bits per heavy atom. The molecule has 0 bridgehead atoms. The third-order valence-electron chi connectivity index (χ3n) is 3.67. The lowest BCUT2D eigenvalue weighted by atomic mass is 9.95. The molecule has 4 heteroatoms. The van der Waals surface area contributed by atoms with Crippen LogP contribution in [0.1, 0.15) is 43.9 Å². The lowest BCUT2D eigenvalue weighted by molar-refractivity contribution is -0.152. The Kier molecular flexibility index (Phi) is 4.00. The van der Waals surface area contributed by atoms with E-state index in [4.69, 9.17) is 5.73 Å². The summed E-state index contributed by atoms with van der Waals surface area (Å²) in [6.45, 7) is 4.32. The molecule has 0 aliphatic carbocycles. The van der Waals surface area contributed by atoms with E-state index in [1.807, 2.05) is 38.1 Å². The molecule has 0 spiro atoms. The zero-order valence-corrected chi connectivity index (χ0v) is 11.4. The molecule has 0 radical (unpaired) electrons. The fourth-order valence-electron chi connectivity index (χ4n) is 2.52. The summed E-state index contributed by atoms with van der Waals surface area (Å²) in [4.78, 5) is 25.5. The van der Waals surface area contributed by atoms with Crippen LogP contribution in [0.4, 0.5) is 0 Å². The summed E-state index contributed by atoms with van der Waals surface area (Å²) >= 11 is 0. The highest BCUT2D eigenvalue weighted by Gasteiger charge is 2.33. The number of likely N-dealkylation sites (tertiary alicyclic amines) is 1. The molecular weight excluding hydrogens is 240 g/mol. The van der Waals surface area contributed by atoms with Gasteiger partial charge in [0.25, 0.3) is 0 Å². The van der Waals surface area contributed by atoms with Crippen LogP contribution in [0.25, 0.3) is 0 Å². The number of nitrogens with two attached hydrogens (primary N) is 1. The highest BCUT2D eigenvalue weighted by atomic mass is 16.2. The van der Waals surface area contributed by atoms with Crippen molar-refractivity contribution < 1.29 is 9.59 Å². The number of benzene rings is 1. The largest absolute Gasteiger partial charge is 0.326 e. The first-order chi connectivity index (χ1) is 9.02. The molecule has 2 rings (SSSR count). The van der Waals surface area contributed by atoms with Gasteiger partial charge in [-0.1, -0.05) is 31.2 Å². The average Bonchev–Trinajstić information content (AvgIpc) is 2.37. The summed E-state index contributed by atoms with van der Waals surface area (Å²) in [6, 6.07) is 7.54. The Morgan fingerprint density at radius 2 is 1.74 bits per heavy atom. The Bertz CT molecular complexity index is 463. The van der Waals surface area contributed by atoms with Crippen molar-refractivity contribution >= 4 is 11.8 Å². The molecule has 4 nitrogen and oxygen atoms in total. The Balaban J connectivity index is 2.19. The smallest absolute Gasteiger partial charge is 0.230 e. The first-order valence-electron chi connectivity index (χ1n) is 6.66. The first kappa shape index (κ1) is 13.7. The number of carbonyl (C=O) groups excluding carboxylic acids is 2. The number of hydrogen-bond donors (Lipinski definition) is 1. The van der Waals surface area contributed by atoms with E-state index in [1.165, 1.54) is 4.90 Å². The van der Waals surface area contributed by atoms with Gasteiger partial charge in [-0.05, 0) is 24.0 Å². The molecule has 0 saturated carbocycles. The van der Waals surface area contributed by atoms with Gasteiger partial charge in [0.1, 0.15) is 0 Å². The van der Waals surface area contributed by atoms with Crippen LogP contribution >= 0.6 is 0 Å². The summed E-state index contributed by atoms with van der Waals surface area (Å²) in [6.07, 6.45) is 0.911. The van der Waals surface area contributed by atoms with Crippen molar-refractivity contribution in [3.05, 3.63) is 35.4 Å². The minimum absolute atomic E-state index is 0.0702. The van der Waals surface area contributed by atoms with Crippen LogP contribution < -0.4 is 5.73 Å². The number of rotatable bonds is 3. The topological polar surface area (TPSA) is 63.4 Å². The minimum atomic E-state index is -0.209. The van der Waals surface area contributed by atoms with Gasteiger partial charge in [0.2, 0.25) is 11.8 Å². The zero-order chi connectivity index (χ0) is 14.0. The second-order valence-electron chi connectivity index (χ2n) is 5.29. The molecule has 19 heavy (non-hydrogen) atoms. The number of imide groups is 1. The summed E-state index contributed by atoms with van der Waals surface area (Å²) in [5.74, 6) is 0.0152. The maximum atomic E-state index is 12.0. The van der Waals surface area contributed by atoms with Gasteiger partial charge in [0.05, 0.1) is 6.04 Å². The zero-order valence-electron chi connectivity index (χ0n) is 11.4. The molecular formula is C15H20N2O2. The monoisotopic (exact) mass is 260 g/mol. The van der Waals surface area contributed by atoms with E-state index in [1.54, 1.807) is 0 Å². The van der Waals surface area contributed by atoms with Gasteiger partial charge >= 0.3 is 0 Å². The van der Waals surface area contributed by atoms with Crippen molar-refractivity contribution in [2.75, 3.05) is 0 Å². The quantitative estimate of drug-likeness (QED) is 0.845. The number of amides is 2. The summed E-state index contributed by atoms with van der Waals surface area (Å²) in [5.41, 5.74) is 7.57. The number of hydrogen-bond acceptors (Lipinski definition) is 3. The normalized spacial score (nSPS) is 18.8. The molecule has 1 saturated heterocycles. The fraction of sp³-hybridized carbons (Fsp3) is 0.467. The van der Waals surface area contributed by atoms with Crippen molar-refractivity contribution in [3.8, 4) is 0 Å². The molecule has 1 aromatic rings. The molecule has 1 unspecified atom stereocenters. The number of piperidine rings is 1. The van der Waals surface area contributed by atoms with Gasteiger partial charge in [0.15, 0.2) is 0 Å². The van der Waals surface area contributed by atoms with E-state index >= 15 is 0 Å². The SMILES string of the molecule is CC1CC(=O)N(C(C)c2ccc(CN)cc2)C(=O)C1. The standard InChI is InChI=1S/C15H20N2O2/c1-10-7-14(18)17(15(19)8-10)11(2)13-5-3-12(9-16)4-6-13/h3-6,10-11H,7-9,16H2,1-2H3. The van der Waals surface area contributed by atoms with Crippen LogP contribution in [0, 0.1) is 5.92 Å². The summed E-state index contributed by atoms with van der Waals surface area (Å²) in [5, 5.41) is 0. The van der Waals surface area contributed by atoms with Crippen molar-refractivity contribution in [2.45, 2.75) is 39.3 Å². The molecule has 1 atom stereocenters. The summed E-state index contributed by atoms with van der Waals surface area (Å²) in [7, 11) is 0. The van der Waals surface area contributed by atoms with E-state index in [0.29, 0.717) is 19.4 Å². The van der Waals surface area contributed by atoms with E-state index < -0.39 is 0 Å². The van der Waals surface area contributed by atoms with Gasteiger partial charge in [-0.3, -0.25) is 14.5 Å². The van der Waals surface area contributed by atoms with Crippen LogP contribution in [0.5, 0.6) is 0 Å². The molecule has 1 fully saturated rings. The van der Waals surface area contributed by atoms with E-state index in [2.05, 4.69) is 0 Å². The Morgan fingerprint density at radius 1 is 1.21 bits per heavy atom. The van der Waals surface area contributed by atoms with Crippen molar-refractivity contribution in [2.24, 2.45) is 11.7 Å². The van der Waals surface area contributed by atoms with Crippen LogP contribution in [0.2, 0.25) is 0 Å². The van der Waals surface area contributed by atoms with Crippen molar-refractivity contribution in [1.29, 1.82) is 0 Å². The predicted octanol–water partition coefficient (Wildman–Crippen LogP) is 1.99.